The number of terminal acetylenes is 1. The third-order valence-corrected chi connectivity index (χ3v) is 3.65. The van der Waals surface area contributed by atoms with Gasteiger partial charge >= 0.3 is 0 Å². The van der Waals surface area contributed by atoms with Crippen molar-refractivity contribution in [1.29, 1.82) is 0 Å². The van der Waals surface area contributed by atoms with Gasteiger partial charge in [0, 0.05) is 6.42 Å². The minimum absolute atomic E-state index is 0.869. The third kappa shape index (κ3) is 1.93. The SMILES string of the molecule is C#CCCCc1ccc2c(c1)-c1ccccc1C2. The number of fused-ring (bicyclic) bond motifs is 3. The molecule has 0 aliphatic heterocycles. The summed E-state index contributed by atoms with van der Waals surface area (Å²) in [5, 5.41) is 0. The van der Waals surface area contributed by atoms with Gasteiger partial charge < -0.3 is 0 Å². The summed E-state index contributed by atoms with van der Waals surface area (Å²) in [6.45, 7) is 0. The van der Waals surface area contributed by atoms with Gasteiger partial charge in [0.25, 0.3) is 0 Å². The number of hydrogen-bond acceptors (Lipinski definition) is 0. The minimum atomic E-state index is 0.869. The largest absolute Gasteiger partial charge is 0.120 e. The summed E-state index contributed by atoms with van der Waals surface area (Å²) in [7, 11) is 0. The van der Waals surface area contributed by atoms with E-state index in [9.17, 15) is 0 Å². The van der Waals surface area contributed by atoms with Crippen LogP contribution in [0.4, 0.5) is 0 Å². The van der Waals surface area contributed by atoms with Crippen LogP contribution in [0.3, 0.4) is 0 Å². The first-order valence-corrected chi connectivity index (χ1v) is 6.52. The molecule has 0 saturated carbocycles. The minimum Gasteiger partial charge on any atom is -0.120 e. The van der Waals surface area contributed by atoms with E-state index in [0.29, 0.717) is 0 Å². The van der Waals surface area contributed by atoms with Crippen molar-refractivity contribution >= 4 is 0 Å². The Bertz CT molecular complexity index is 614. The third-order valence-electron chi connectivity index (χ3n) is 3.65. The normalized spacial score (nSPS) is 11.7. The van der Waals surface area contributed by atoms with Crippen LogP contribution in [-0.2, 0) is 12.8 Å². The summed E-state index contributed by atoms with van der Waals surface area (Å²) in [6, 6.07) is 15.6. The Kier molecular flexibility index (Phi) is 2.90. The summed E-state index contributed by atoms with van der Waals surface area (Å²) in [5.74, 6) is 2.71. The Morgan fingerprint density at radius 2 is 1.83 bits per heavy atom. The van der Waals surface area contributed by atoms with Crippen molar-refractivity contribution in [3.8, 4) is 23.5 Å². The lowest BCUT2D eigenvalue weighted by Gasteiger charge is -2.05. The molecule has 18 heavy (non-hydrogen) atoms. The first-order valence-electron chi connectivity index (χ1n) is 6.52. The van der Waals surface area contributed by atoms with E-state index in [1.807, 2.05) is 0 Å². The Balaban J connectivity index is 1.91. The van der Waals surface area contributed by atoms with Gasteiger partial charge in [-0.15, -0.1) is 12.3 Å². The van der Waals surface area contributed by atoms with Gasteiger partial charge in [-0.3, -0.25) is 0 Å². The zero-order chi connectivity index (χ0) is 12.4. The maximum atomic E-state index is 5.30. The Hall–Kier alpha value is -2.00. The molecular formula is C18H16. The monoisotopic (exact) mass is 232 g/mol. The zero-order valence-corrected chi connectivity index (χ0v) is 10.4. The molecule has 0 aromatic heterocycles. The maximum absolute atomic E-state index is 5.30. The maximum Gasteiger partial charge on any atom is 0.00892 e. The molecule has 2 aromatic rings. The molecule has 0 N–H and O–H groups in total. The fourth-order valence-electron chi connectivity index (χ4n) is 2.72. The van der Waals surface area contributed by atoms with E-state index in [-0.39, 0.29) is 0 Å². The Labute approximate surface area is 109 Å². The van der Waals surface area contributed by atoms with Gasteiger partial charge in [-0.25, -0.2) is 0 Å². The summed E-state index contributed by atoms with van der Waals surface area (Å²) in [5.41, 5.74) is 7.14. The molecule has 0 bridgehead atoms. The van der Waals surface area contributed by atoms with Gasteiger partial charge in [-0.05, 0) is 47.1 Å². The average Bonchev–Trinajstić information content (AvgIpc) is 2.77. The highest BCUT2D eigenvalue weighted by molar-refractivity contribution is 5.77. The van der Waals surface area contributed by atoms with Crippen molar-refractivity contribution in [1.82, 2.24) is 0 Å². The first-order chi connectivity index (χ1) is 8.88. The molecule has 0 fully saturated rings. The van der Waals surface area contributed by atoms with Crippen LogP contribution in [0.5, 0.6) is 0 Å². The molecule has 1 aliphatic carbocycles. The van der Waals surface area contributed by atoms with Crippen LogP contribution >= 0.6 is 0 Å². The van der Waals surface area contributed by atoms with Crippen LogP contribution in [0.2, 0.25) is 0 Å². The van der Waals surface area contributed by atoms with E-state index in [1.54, 1.807) is 0 Å². The molecule has 1 aliphatic rings. The van der Waals surface area contributed by atoms with Crippen molar-refractivity contribution in [2.24, 2.45) is 0 Å². The van der Waals surface area contributed by atoms with Crippen LogP contribution in [0.1, 0.15) is 29.5 Å². The van der Waals surface area contributed by atoms with Crippen LogP contribution in [-0.4, -0.2) is 0 Å². The zero-order valence-electron chi connectivity index (χ0n) is 10.4. The van der Waals surface area contributed by atoms with Gasteiger partial charge in [0.2, 0.25) is 0 Å². The van der Waals surface area contributed by atoms with Gasteiger partial charge in [-0.1, -0.05) is 42.5 Å². The molecule has 0 saturated heterocycles. The number of aryl methyl sites for hydroxylation is 1. The van der Waals surface area contributed by atoms with E-state index in [1.165, 1.54) is 27.8 Å². The van der Waals surface area contributed by atoms with Gasteiger partial charge in [0.05, 0.1) is 0 Å². The Morgan fingerprint density at radius 3 is 2.72 bits per heavy atom. The van der Waals surface area contributed by atoms with Crippen molar-refractivity contribution < 1.29 is 0 Å². The molecule has 0 unspecified atom stereocenters. The molecule has 0 radical (unpaired) electrons. The van der Waals surface area contributed by atoms with E-state index < -0.39 is 0 Å². The summed E-state index contributed by atoms with van der Waals surface area (Å²) >= 11 is 0. The van der Waals surface area contributed by atoms with E-state index in [2.05, 4.69) is 48.4 Å². The van der Waals surface area contributed by atoms with Crippen molar-refractivity contribution in [2.75, 3.05) is 0 Å². The molecule has 88 valence electrons. The molecule has 2 aromatic carbocycles. The van der Waals surface area contributed by atoms with Crippen LogP contribution in [0.15, 0.2) is 42.5 Å². The van der Waals surface area contributed by atoms with E-state index in [4.69, 9.17) is 6.42 Å². The number of hydrogen-bond donors (Lipinski definition) is 0. The molecule has 0 nitrogen and oxygen atoms in total. The molecular weight excluding hydrogens is 216 g/mol. The fraction of sp³-hybridized carbons (Fsp3) is 0.222. The number of rotatable bonds is 3. The van der Waals surface area contributed by atoms with Gasteiger partial charge in [0.15, 0.2) is 0 Å². The van der Waals surface area contributed by atoms with Crippen LogP contribution < -0.4 is 0 Å². The topological polar surface area (TPSA) is 0 Å². The van der Waals surface area contributed by atoms with Crippen LogP contribution in [0.25, 0.3) is 11.1 Å². The van der Waals surface area contributed by atoms with Crippen molar-refractivity contribution in [3.63, 3.8) is 0 Å². The molecule has 0 heterocycles. The van der Waals surface area contributed by atoms with Crippen molar-refractivity contribution in [2.45, 2.75) is 25.7 Å². The van der Waals surface area contributed by atoms with Crippen LogP contribution in [0, 0.1) is 12.3 Å². The van der Waals surface area contributed by atoms with E-state index >= 15 is 0 Å². The average molecular weight is 232 g/mol. The molecule has 0 spiro atoms. The second-order valence-electron chi connectivity index (χ2n) is 4.88. The van der Waals surface area contributed by atoms with Gasteiger partial charge in [0.1, 0.15) is 0 Å². The number of unbranched alkanes of at least 4 members (excludes halogenated alkanes) is 1. The van der Waals surface area contributed by atoms with E-state index in [0.717, 1.165) is 25.7 Å². The lowest BCUT2D eigenvalue weighted by molar-refractivity contribution is 0.858. The lowest BCUT2D eigenvalue weighted by atomic mass is 10.0. The summed E-state index contributed by atoms with van der Waals surface area (Å²) in [4.78, 5) is 0. The van der Waals surface area contributed by atoms with Gasteiger partial charge in [-0.2, -0.15) is 0 Å². The fourth-order valence-corrected chi connectivity index (χ4v) is 2.72. The molecule has 3 rings (SSSR count). The second kappa shape index (κ2) is 4.70. The summed E-state index contributed by atoms with van der Waals surface area (Å²) in [6.07, 6.45) is 9.41. The second-order valence-corrected chi connectivity index (χ2v) is 4.88. The standard InChI is InChI=1S/C18H16/c1-2-3-4-7-14-10-11-16-13-15-8-5-6-9-17(15)18(16)12-14/h1,5-6,8-12H,3-4,7,13H2. The van der Waals surface area contributed by atoms with Crippen molar-refractivity contribution in [3.05, 3.63) is 59.2 Å². The molecule has 0 heteroatoms. The highest BCUT2D eigenvalue weighted by Crippen LogP contribution is 2.36. The smallest absolute Gasteiger partial charge is 0.00892 e. The number of benzene rings is 2. The highest BCUT2D eigenvalue weighted by Gasteiger charge is 2.17. The quantitative estimate of drug-likeness (QED) is 0.468. The highest BCUT2D eigenvalue weighted by atomic mass is 14.2. The Morgan fingerprint density at radius 1 is 1.00 bits per heavy atom. The lowest BCUT2D eigenvalue weighted by Crippen LogP contribution is -1.87. The molecule has 0 atom stereocenters. The molecule has 0 amide bonds. The first kappa shape index (κ1) is 11.1. The predicted octanol–water partition coefficient (Wildman–Crippen LogP) is 4.21. The predicted molar refractivity (Wildman–Crippen MR) is 76.5 cm³/mol. The summed E-state index contributed by atoms with van der Waals surface area (Å²) < 4.78 is 0.